The molecular formula is C25H22Cl2N2O4S. The minimum absolute atomic E-state index is 0.140. The molecule has 0 aromatic heterocycles. The van der Waals surface area contributed by atoms with Gasteiger partial charge in [0.2, 0.25) is 0 Å². The molecule has 0 fully saturated rings. The van der Waals surface area contributed by atoms with Crippen LogP contribution in [-0.4, -0.2) is 30.7 Å². The molecule has 9 heteroatoms. The fourth-order valence-electron chi connectivity index (χ4n) is 3.09. The van der Waals surface area contributed by atoms with E-state index in [2.05, 4.69) is 5.32 Å². The van der Waals surface area contributed by atoms with Crippen LogP contribution in [0.4, 0.5) is 5.69 Å². The monoisotopic (exact) mass is 516 g/mol. The van der Waals surface area contributed by atoms with Gasteiger partial charge >= 0.3 is 5.97 Å². The summed E-state index contributed by atoms with van der Waals surface area (Å²) in [6, 6.07) is 18.5. The van der Waals surface area contributed by atoms with Crippen molar-refractivity contribution in [3.05, 3.63) is 93.5 Å². The van der Waals surface area contributed by atoms with Gasteiger partial charge in [-0.15, -0.1) is 0 Å². The van der Waals surface area contributed by atoms with Crippen molar-refractivity contribution in [1.29, 1.82) is 0 Å². The minimum Gasteiger partial charge on any atom is -0.497 e. The van der Waals surface area contributed by atoms with Crippen LogP contribution in [0.5, 0.6) is 5.75 Å². The van der Waals surface area contributed by atoms with Gasteiger partial charge in [0, 0.05) is 26.9 Å². The molecule has 0 saturated carbocycles. The molecule has 0 spiro atoms. The van der Waals surface area contributed by atoms with Crippen molar-refractivity contribution < 1.29 is 19.1 Å². The molecular weight excluding hydrogens is 495 g/mol. The summed E-state index contributed by atoms with van der Waals surface area (Å²) in [6.07, 6.45) is 0. The maximum absolute atomic E-state index is 12.8. The second kappa shape index (κ2) is 11.8. The summed E-state index contributed by atoms with van der Waals surface area (Å²) in [5.41, 5.74) is 2.08. The maximum atomic E-state index is 12.8. The number of thiocarbonyl (C=S) groups is 1. The van der Waals surface area contributed by atoms with E-state index in [9.17, 15) is 9.59 Å². The van der Waals surface area contributed by atoms with Gasteiger partial charge in [-0.05, 0) is 79.8 Å². The molecule has 0 heterocycles. The lowest BCUT2D eigenvalue weighted by atomic mass is 10.1. The number of hydrogen-bond donors (Lipinski definition) is 1. The quantitative estimate of drug-likeness (QED) is 0.311. The first-order chi connectivity index (χ1) is 16.3. The molecule has 0 bridgehead atoms. The number of ether oxygens (including phenoxy) is 2. The second-order valence-corrected chi connectivity index (χ2v) is 8.24. The number of rotatable bonds is 7. The summed E-state index contributed by atoms with van der Waals surface area (Å²) >= 11 is 18.4. The Morgan fingerprint density at radius 1 is 0.941 bits per heavy atom. The van der Waals surface area contributed by atoms with Crippen molar-refractivity contribution in [3.8, 4) is 5.75 Å². The summed E-state index contributed by atoms with van der Waals surface area (Å²) in [6.45, 7) is 2.21. The van der Waals surface area contributed by atoms with E-state index < -0.39 is 5.97 Å². The normalized spacial score (nSPS) is 10.4. The van der Waals surface area contributed by atoms with Gasteiger partial charge in [0.1, 0.15) is 5.75 Å². The van der Waals surface area contributed by atoms with Gasteiger partial charge in [0.15, 0.2) is 5.11 Å². The molecule has 3 rings (SSSR count). The van der Waals surface area contributed by atoms with E-state index in [0.29, 0.717) is 38.2 Å². The number of esters is 1. The third-order valence-electron chi connectivity index (χ3n) is 4.89. The van der Waals surface area contributed by atoms with Crippen molar-refractivity contribution in [2.75, 3.05) is 18.6 Å². The lowest BCUT2D eigenvalue weighted by Gasteiger charge is -2.26. The lowest BCUT2D eigenvalue weighted by Crippen LogP contribution is -2.42. The van der Waals surface area contributed by atoms with Crippen LogP contribution in [0.2, 0.25) is 10.0 Å². The fraction of sp³-hybridized carbons (Fsp3) is 0.160. The Bertz CT molecular complexity index is 1160. The number of nitrogens with one attached hydrogen (secondary N) is 1. The zero-order chi connectivity index (χ0) is 24.7. The van der Waals surface area contributed by atoms with Crippen molar-refractivity contribution >= 4 is 58.1 Å². The summed E-state index contributed by atoms with van der Waals surface area (Å²) in [4.78, 5) is 26.5. The Hall–Kier alpha value is -3.13. The Morgan fingerprint density at radius 3 is 2.09 bits per heavy atom. The number of nitrogens with zero attached hydrogens (tertiary/aromatic N) is 1. The molecule has 0 saturated heterocycles. The largest absolute Gasteiger partial charge is 0.497 e. The van der Waals surface area contributed by atoms with Crippen LogP contribution >= 0.6 is 35.4 Å². The van der Waals surface area contributed by atoms with Gasteiger partial charge in [0.05, 0.1) is 25.8 Å². The van der Waals surface area contributed by atoms with Crippen molar-refractivity contribution in [3.63, 3.8) is 0 Å². The molecule has 0 aliphatic carbocycles. The van der Waals surface area contributed by atoms with Gasteiger partial charge in [-0.1, -0.05) is 29.3 Å². The highest BCUT2D eigenvalue weighted by molar-refractivity contribution is 7.80. The molecule has 1 amide bonds. The van der Waals surface area contributed by atoms with E-state index in [1.165, 1.54) is 0 Å². The molecule has 0 aliphatic heterocycles. The number of amides is 1. The van der Waals surface area contributed by atoms with Crippen molar-refractivity contribution in [2.24, 2.45) is 0 Å². The number of halogens is 2. The fourth-order valence-corrected chi connectivity index (χ4v) is 3.87. The summed E-state index contributed by atoms with van der Waals surface area (Å²) in [7, 11) is 1.55. The average molecular weight is 517 g/mol. The Morgan fingerprint density at radius 2 is 1.53 bits per heavy atom. The van der Waals surface area contributed by atoms with Gasteiger partial charge in [-0.3, -0.25) is 10.1 Å². The number of anilines is 1. The third kappa shape index (κ3) is 6.26. The molecule has 0 atom stereocenters. The minimum atomic E-state index is -0.426. The molecule has 3 aromatic rings. The summed E-state index contributed by atoms with van der Waals surface area (Å²) < 4.78 is 10.2. The van der Waals surface area contributed by atoms with Crippen molar-refractivity contribution in [2.45, 2.75) is 13.5 Å². The molecule has 0 unspecified atom stereocenters. The van der Waals surface area contributed by atoms with E-state index in [0.717, 1.165) is 0 Å². The number of hydrogen-bond acceptors (Lipinski definition) is 5. The number of carbonyl (C=O) groups is 2. The van der Waals surface area contributed by atoms with Crippen LogP contribution in [0.1, 0.15) is 33.2 Å². The molecule has 3 aromatic carbocycles. The SMILES string of the molecule is CCOC(=O)c1ccc(N(Cc2c(Cl)cccc2Cl)C(=S)NC(=O)c2ccc(OC)cc2)cc1. The van der Waals surface area contributed by atoms with E-state index in [4.69, 9.17) is 44.9 Å². The first kappa shape index (κ1) is 25.5. The van der Waals surface area contributed by atoms with Crippen LogP contribution in [0.15, 0.2) is 66.7 Å². The van der Waals surface area contributed by atoms with E-state index >= 15 is 0 Å². The lowest BCUT2D eigenvalue weighted by molar-refractivity contribution is 0.0526. The van der Waals surface area contributed by atoms with Crippen LogP contribution in [0.3, 0.4) is 0 Å². The number of methoxy groups -OCH3 is 1. The smallest absolute Gasteiger partial charge is 0.338 e. The molecule has 0 radical (unpaired) electrons. The highest BCUT2D eigenvalue weighted by Crippen LogP contribution is 2.28. The van der Waals surface area contributed by atoms with Gasteiger partial charge < -0.3 is 14.4 Å². The summed E-state index contributed by atoms with van der Waals surface area (Å²) in [5.74, 6) is -0.174. The first-order valence-electron chi connectivity index (χ1n) is 10.3. The van der Waals surface area contributed by atoms with Crippen LogP contribution < -0.4 is 15.0 Å². The molecule has 176 valence electrons. The average Bonchev–Trinajstić information content (AvgIpc) is 2.84. The predicted molar refractivity (Wildman–Crippen MR) is 138 cm³/mol. The zero-order valence-corrected chi connectivity index (χ0v) is 20.8. The molecule has 1 N–H and O–H groups in total. The maximum Gasteiger partial charge on any atom is 0.338 e. The Labute approximate surface area is 213 Å². The van der Waals surface area contributed by atoms with Crippen LogP contribution in [0, 0.1) is 0 Å². The zero-order valence-electron chi connectivity index (χ0n) is 18.5. The predicted octanol–water partition coefficient (Wildman–Crippen LogP) is 5.90. The van der Waals surface area contributed by atoms with E-state index in [-0.39, 0.29) is 24.2 Å². The number of carbonyl (C=O) groups excluding carboxylic acids is 2. The highest BCUT2D eigenvalue weighted by Gasteiger charge is 2.20. The third-order valence-corrected chi connectivity index (χ3v) is 5.92. The van der Waals surface area contributed by atoms with Crippen LogP contribution in [0.25, 0.3) is 0 Å². The Balaban J connectivity index is 1.89. The topological polar surface area (TPSA) is 67.9 Å². The highest BCUT2D eigenvalue weighted by atomic mass is 35.5. The van der Waals surface area contributed by atoms with Gasteiger partial charge in [0.25, 0.3) is 5.91 Å². The molecule has 34 heavy (non-hydrogen) atoms. The van der Waals surface area contributed by atoms with E-state index in [1.54, 1.807) is 85.7 Å². The van der Waals surface area contributed by atoms with Crippen molar-refractivity contribution in [1.82, 2.24) is 5.32 Å². The molecule has 6 nitrogen and oxygen atoms in total. The van der Waals surface area contributed by atoms with Gasteiger partial charge in [-0.2, -0.15) is 0 Å². The Kier molecular flexibility index (Phi) is 8.87. The van der Waals surface area contributed by atoms with E-state index in [1.807, 2.05) is 0 Å². The van der Waals surface area contributed by atoms with Gasteiger partial charge in [-0.25, -0.2) is 4.79 Å². The number of benzene rings is 3. The summed E-state index contributed by atoms with van der Waals surface area (Å²) in [5, 5.41) is 3.81. The van der Waals surface area contributed by atoms with Crippen LogP contribution in [-0.2, 0) is 11.3 Å². The standard InChI is InChI=1S/C25H22Cl2N2O4S/c1-3-33-24(31)17-7-11-18(12-8-17)29(15-20-21(26)5-4-6-22(20)27)25(34)28-23(30)16-9-13-19(32-2)14-10-16/h4-14H,3,15H2,1-2H3,(H,28,30,34). The molecule has 0 aliphatic rings. The first-order valence-corrected chi connectivity index (χ1v) is 11.5. The second-order valence-electron chi connectivity index (χ2n) is 7.04.